The summed E-state index contributed by atoms with van der Waals surface area (Å²) >= 11 is 5.64. The number of oxazole rings is 1. The zero-order valence-corrected chi connectivity index (χ0v) is 9.73. The zero-order valence-electron chi connectivity index (χ0n) is 8.98. The van der Waals surface area contributed by atoms with Crippen molar-refractivity contribution in [2.45, 2.75) is 18.6 Å². The minimum absolute atomic E-state index is 0.115. The van der Waals surface area contributed by atoms with Crippen LogP contribution in [0.25, 0.3) is 11.1 Å². The van der Waals surface area contributed by atoms with Gasteiger partial charge in [0.1, 0.15) is 11.3 Å². The van der Waals surface area contributed by atoms with Crippen LogP contribution < -0.4 is 5.73 Å². The maximum Gasteiger partial charge on any atom is 0.415 e. The molecular weight excluding hydrogens is 276 g/mol. The van der Waals surface area contributed by atoms with Gasteiger partial charge >= 0.3 is 6.18 Å². The summed E-state index contributed by atoms with van der Waals surface area (Å²) in [4.78, 5) is 3.54. The van der Waals surface area contributed by atoms with Crippen LogP contribution in [0.4, 0.5) is 17.6 Å². The number of benzene rings is 1. The van der Waals surface area contributed by atoms with Crippen molar-refractivity contribution in [2.24, 2.45) is 5.73 Å². The topological polar surface area (TPSA) is 52.0 Å². The summed E-state index contributed by atoms with van der Waals surface area (Å²) in [5, 5.41) is -0.165. The van der Waals surface area contributed by atoms with Crippen LogP contribution >= 0.6 is 11.6 Å². The fourth-order valence-electron chi connectivity index (χ4n) is 1.30. The third-order valence-electron chi connectivity index (χ3n) is 2.44. The van der Waals surface area contributed by atoms with Gasteiger partial charge in [-0.05, 0) is 13.0 Å². The second-order valence-corrected chi connectivity index (χ2v) is 4.36. The molecule has 2 aromatic rings. The van der Waals surface area contributed by atoms with Crippen LogP contribution in [0.15, 0.2) is 16.5 Å². The molecule has 0 radical (unpaired) electrons. The molecule has 1 heterocycles. The average Bonchev–Trinajstić information content (AvgIpc) is 2.59. The summed E-state index contributed by atoms with van der Waals surface area (Å²) in [7, 11) is 0. The average molecular weight is 283 g/mol. The van der Waals surface area contributed by atoms with Crippen molar-refractivity contribution in [1.29, 1.82) is 0 Å². The van der Waals surface area contributed by atoms with Crippen LogP contribution in [0.3, 0.4) is 0 Å². The minimum Gasteiger partial charge on any atom is -0.437 e. The number of halogens is 5. The van der Waals surface area contributed by atoms with Gasteiger partial charge < -0.3 is 10.2 Å². The summed E-state index contributed by atoms with van der Waals surface area (Å²) in [5.41, 5.74) is 2.13. The molecule has 0 saturated carbocycles. The molecule has 0 spiro atoms. The van der Waals surface area contributed by atoms with Crippen LogP contribution in [-0.4, -0.2) is 11.2 Å². The number of fused-ring (bicyclic) bond motifs is 1. The molecule has 0 fully saturated rings. The molecule has 0 aliphatic heterocycles. The van der Waals surface area contributed by atoms with Gasteiger partial charge in [0.05, 0.1) is 5.02 Å². The van der Waals surface area contributed by atoms with Crippen LogP contribution in [0, 0.1) is 5.82 Å². The van der Waals surface area contributed by atoms with Crippen molar-refractivity contribution in [3.8, 4) is 0 Å². The summed E-state index contributed by atoms with van der Waals surface area (Å²) in [6, 6.07) is 1.83. The van der Waals surface area contributed by atoms with Crippen molar-refractivity contribution >= 4 is 22.7 Å². The minimum atomic E-state index is -4.75. The maximum atomic E-state index is 13.0. The summed E-state index contributed by atoms with van der Waals surface area (Å²) in [5.74, 6) is -1.49. The smallest absolute Gasteiger partial charge is 0.415 e. The molecule has 18 heavy (non-hydrogen) atoms. The van der Waals surface area contributed by atoms with Crippen molar-refractivity contribution in [2.75, 3.05) is 0 Å². The number of alkyl halides is 3. The lowest BCUT2D eigenvalue weighted by molar-refractivity contribution is -0.189. The highest BCUT2D eigenvalue weighted by molar-refractivity contribution is 6.34. The Morgan fingerprint density at radius 3 is 2.50 bits per heavy atom. The molecule has 0 saturated heterocycles. The van der Waals surface area contributed by atoms with Crippen LogP contribution in [0.2, 0.25) is 5.02 Å². The first-order chi connectivity index (χ1) is 8.13. The Bertz CT molecular complexity index is 606. The quantitative estimate of drug-likeness (QED) is 0.816. The molecule has 1 aromatic carbocycles. The van der Waals surface area contributed by atoms with Crippen molar-refractivity contribution in [3.63, 3.8) is 0 Å². The molecule has 2 N–H and O–H groups in total. The Hall–Kier alpha value is -1.34. The second-order valence-electron chi connectivity index (χ2n) is 3.95. The highest BCUT2D eigenvalue weighted by atomic mass is 35.5. The monoisotopic (exact) mass is 282 g/mol. The molecule has 0 amide bonds. The van der Waals surface area contributed by atoms with Gasteiger partial charge in [0, 0.05) is 6.07 Å². The van der Waals surface area contributed by atoms with E-state index in [1.165, 1.54) is 0 Å². The lowest BCUT2D eigenvalue weighted by atomic mass is 10.0. The van der Waals surface area contributed by atoms with Gasteiger partial charge in [0.25, 0.3) is 0 Å². The van der Waals surface area contributed by atoms with E-state index in [9.17, 15) is 17.6 Å². The predicted octanol–water partition coefficient (Wildman–Crippen LogP) is 3.36. The number of nitrogens with zero attached hydrogens (tertiary/aromatic N) is 1. The molecule has 1 unspecified atom stereocenters. The van der Waals surface area contributed by atoms with Crippen LogP contribution in [0.1, 0.15) is 12.8 Å². The van der Waals surface area contributed by atoms with Gasteiger partial charge in [-0.1, -0.05) is 11.6 Å². The SMILES string of the molecule is CC(N)(c1nc2cc(F)cc(Cl)c2o1)C(F)(F)F. The van der Waals surface area contributed by atoms with E-state index < -0.39 is 23.4 Å². The number of aromatic nitrogens is 1. The summed E-state index contributed by atoms with van der Waals surface area (Å²) in [6.07, 6.45) is -4.75. The Labute approximate surface area is 104 Å². The molecule has 2 rings (SSSR count). The zero-order chi connectivity index (χ0) is 13.7. The van der Waals surface area contributed by atoms with Gasteiger partial charge in [-0.2, -0.15) is 13.2 Å². The van der Waals surface area contributed by atoms with Gasteiger partial charge in [-0.25, -0.2) is 9.37 Å². The van der Waals surface area contributed by atoms with Gasteiger partial charge in [-0.3, -0.25) is 0 Å². The number of hydrogen-bond acceptors (Lipinski definition) is 3. The molecule has 98 valence electrons. The molecule has 1 aromatic heterocycles. The van der Waals surface area contributed by atoms with Gasteiger partial charge in [-0.15, -0.1) is 0 Å². The van der Waals surface area contributed by atoms with E-state index in [0.717, 1.165) is 12.1 Å². The molecule has 0 aliphatic carbocycles. The lowest BCUT2D eigenvalue weighted by Gasteiger charge is -2.23. The molecule has 8 heteroatoms. The highest BCUT2D eigenvalue weighted by Gasteiger charge is 2.53. The standard InChI is InChI=1S/C10H7ClF4N2O/c1-9(16,10(13,14)15)8-17-6-3-4(12)2-5(11)7(6)18-8/h2-3H,16H2,1H3. The van der Waals surface area contributed by atoms with Crippen molar-refractivity contribution in [3.05, 3.63) is 28.9 Å². The van der Waals surface area contributed by atoms with Gasteiger partial charge in [0.15, 0.2) is 11.1 Å². The van der Waals surface area contributed by atoms with Crippen LogP contribution in [-0.2, 0) is 5.54 Å². The number of rotatable bonds is 1. The first kappa shape index (κ1) is 13.1. The van der Waals surface area contributed by atoms with E-state index >= 15 is 0 Å². The second kappa shape index (κ2) is 3.83. The Morgan fingerprint density at radius 2 is 1.94 bits per heavy atom. The first-order valence-electron chi connectivity index (χ1n) is 4.74. The fourth-order valence-corrected chi connectivity index (χ4v) is 1.54. The highest BCUT2D eigenvalue weighted by Crippen LogP contribution is 2.38. The molecule has 0 aliphatic rings. The van der Waals surface area contributed by atoms with Crippen LogP contribution in [0.5, 0.6) is 0 Å². The maximum absolute atomic E-state index is 13.0. The Kier molecular flexibility index (Phi) is 2.78. The van der Waals surface area contributed by atoms with Crippen molar-refractivity contribution < 1.29 is 22.0 Å². The molecular formula is C10H7ClF4N2O. The third-order valence-corrected chi connectivity index (χ3v) is 2.72. The van der Waals surface area contributed by atoms with Crippen molar-refractivity contribution in [1.82, 2.24) is 4.98 Å². The largest absolute Gasteiger partial charge is 0.437 e. The normalized spacial score (nSPS) is 15.9. The van der Waals surface area contributed by atoms with E-state index in [0.29, 0.717) is 6.92 Å². The van der Waals surface area contributed by atoms with E-state index in [1.54, 1.807) is 0 Å². The lowest BCUT2D eigenvalue weighted by Crippen LogP contribution is -2.47. The summed E-state index contributed by atoms with van der Waals surface area (Å²) in [6.45, 7) is 0.710. The number of hydrogen-bond donors (Lipinski definition) is 1. The van der Waals surface area contributed by atoms with E-state index in [1.807, 2.05) is 0 Å². The van der Waals surface area contributed by atoms with E-state index in [4.69, 9.17) is 21.8 Å². The summed E-state index contributed by atoms with van der Waals surface area (Å²) < 4.78 is 56.0. The number of nitrogens with two attached hydrogens (primary N) is 1. The first-order valence-corrected chi connectivity index (χ1v) is 5.12. The predicted molar refractivity (Wildman–Crippen MR) is 56.6 cm³/mol. The third kappa shape index (κ3) is 1.93. The molecule has 0 bridgehead atoms. The Balaban J connectivity index is 2.65. The van der Waals surface area contributed by atoms with Gasteiger partial charge in [0.2, 0.25) is 5.89 Å². The van der Waals surface area contributed by atoms with E-state index in [-0.39, 0.29) is 16.1 Å². The fraction of sp³-hybridized carbons (Fsp3) is 0.300. The molecule has 3 nitrogen and oxygen atoms in total. The Morgan fingerprint density at radius 1 is 1.33 bits per heavy atom. The van der Waals surface area contributed by atoms with E-state index in [2.05, 4.69) is 4.98 Å². The molecule has 1 atom stereocenters.